The third-order valence-corrected chi connectivity index (χ3v) is 5.25. The number of carbonyl (C=O) groups is 2. The predicted octanol–water partition coefficient (Wildman–Crippen LogP) is 3.14. The Kier molecular flexibility index (Phi) is 5.76. The van der Waals surface area contributed by atoms with E-state index in [4.69, 9.17) is 11.6 Å². The van der Waals surface area contributed by atoms with Crippen LogP contribution >= 0.6 is 11.6 Å². The van der Waals surface area contributed by atoms with Crippen LogP contribution in [0.3, 0.4) is 0 Å². The Hall–Kier alpha value is -3.26. The van der Waals surface area contributed by atoms with E-state index in [0.717, 1.165) is 31.5 Å². The van der Waals surface area contributed by atoms with Crippen LogP contribution in [-0.4, -0.2) is 26.3 Å². The molecule has 0 aliphatic carbocycles. The number of aryl methyl sites for hydroxylation is 1. The minimum Gasteiger partial charge on any atom is -0.326 e. The molecule has 0 radical (unpaired) electrons. The number of anilines is 2. The molecule has 1 aliphatic heterocycles. The number of rotatable bonds is 4. The van der Waals surface area contributed by atoms with Gasteiger partial charge in [0.2, 0.25) is 11.8 Å². The van der Waals surface area contributed by atoms with Crippen LogP contribution in [0.5, 0.6) is 0 Å². The van der Waals surface area contributed by atoms with Crippen LogP contribution < -0.4 is 16.2 Å². The third-order valence-electron chi connectivity index (χ3n) is 4.95. The van der Waals surface area contributed by atoms with Crippen molar-refractivity contribution in [3.63, 3.8) is 0 Å². The first-order chi connectivity index (χ1) is 14.5. The lowest BCUT2D eigenvalue weighted by atomic mass is 10.2. The van der Waals surface area contributed by atoms with Crippen molar-refractivity contribution in [1.82, 2.24) is 14.5 Å². The van der Waals surface area contributed by atoms with Crippen molar-refractivity contribution in [3.8, 4) is 0 Å². The second-order valence-corrected chi connectivity index (χ2v) is 7.50. The fourth-order valence-electron chi connectivity index (χ4n) is 3.52. The zero-order chi connectivity index (χ0) is 21.1. The van der Waals surface area contributed by atoms with Gasteiger partial charge in [0, 0.05) is 24.8 Å². The summed E-state index contributed by atoms with van der Waals surface area (Å²) in [6.45, 7) is 0.658. The maximum atomic E-state index is 12.9. The van der Waals surface area contributed by atoms with Gasteiger partial charge in [0.05, 0.1) is 16.6 Å². The van der Waals surface area contributed by atoms with Crippen LogP contribution in [0.4, 0.5) is 11.4 Å². The van der Waals surface area contributed by atoms with Gasteiger partial charge < -0.3 is 10.6 Å². The van der Waals surface area contributed by atoms with Gasteiger partial charge in [-0.3, -0.25) is 19.0 Å². The van der Waals surface area contributed by atoms with Gasteiger partial charge in [-0.05, 0) is 43.2 Å². The smallest absolute Gasteiger partial charge is 0.261 e. The van der Waals surface area contributed by atoms with Gasteiger partial charge in [0.1, 0.15) is 12.2 Å². The zero-order valence-electron chi connectivity index (χ0n) is 16.2. The Bertz CT molecular complexity index is 1190. The van der Waals surface area contributed by atoms with E-state index in [2.05, 4.69) is 20.6 Å². The van der Waals surface area contributed by atoms with Crippen molar-refractivity contribution in [3.05, 3.63) is 57.9 Å². The molecule has 2 amide bonds. The number of halogens is 1. The number of nitrogens with one attached hydrogen (secondary N) is 2. The predicted molar refractivity (Wildman–Crippen MR) is 115 cm³/mol. The maximum absolute atomic E-state index is 12.9. The Morgan fingerprint density at radius 1 is 1.10 bits per heavy atom. The molecule has 8 nitrogen and oxygen atoms in total. The second kappa shape index (κ2) is 8.62. The lowest BCUT2D eigenvalue weighted by molar-refractivity contribution is -0.123. The summed E-state index contributed by atoms with van der Waals surface area (Å²) in [6, 6.07) is 8.22. The number of benzene rings is 1. The molecule has 3 heterocycles. The first-order valence-electron chi connectivity index (χ1n) is 9.75. The topological polar surface area (TPSA) is 106 Å². The van der Waals surface area contributed by atoms with E-state index >= 15 is 0 Å². The van der Waals surface area contributed by atoms with Crippen LogP contribution in [0, 0.1) is 0 Å². The van der Waals surface area contributed by atoms with Gasteiger partial charge in [-0.2, -0.15) is 0 Å². The maximum Gasteiger partial charge on any atom is 0.261 e. The van der Waals surface area contributed by atoms with E-state index in [1.54, 1.807) is 34.9 Å². The van der Waals surface area contributed by atoms with Crippen molar-refractivity contribution in [2.45, 2.75) is 38.6 Å². The van der Waals surface area contributed by atoms with E-state index < -0.39 is 18.2 Å². The standard InChI is InChI=1S/C21H20ClN5O3/c22-20-16(5-4-9-23-20)26-19(29)12-18(28)24-13-7-8-15-14(11-13)21(30)27-10-3-1-2-6-17(27)25-15/h4-5,7-9,11H,1-3,6,10,12H2,(H,24,28)(H,26,29). The molecule has 1 aromatic carbocycles. The molecule has 0 bridgehead atoms. The quantitative estimate of drug-likeness (QED) is 0.493. The molecule has 3 aromatic rings. The number of aromatic nitrogens is 3. The highest BCUT2D eigenvalue weighted by Crippen LogP contribution is 2.19. The van der Waals surface area contributed by atoms with E-state index in [0.29, 0.717) is 28.8 Å². The highest BCUT2D eigenvalue weighted by molar-refractivity contribution is 6.32. The molecule has 0 saturated carbocycles. The van der Waals surface area contributed by atoms with Gasteiger partial charge in [0.25, 0.3) is 5.56 Å². The van der Waals surface area contributed by atoms with Crippen molar-refractivity contribution in [2.24, 2.45) is 0 Å². The van der Waals surface area contributed by atoms with E-state index in [9.17, 15) is 14.4 Å². The van der Waals surface area contributed by atoms with Gasteiger partial charge >= 0.3 is 0 Å². The van der Waals surface area contributed by atoms with Crippen LogP contribution in [0.25, 0.3) is 10.9 Å². The number of fused-ring (bicyclic) bond motifs is 2. The Labute approximate surface area is 177 Å². The summed E-state index contributed by atoms with van der Waals surface area (Å²) >= 11 is 5.90. The molecular weight excluding hydrogens is 406 g/mol. The van der Waals surface area contributed by atoms with Crippen molar-refractivity contribution in [2.75, 3.05) is 10.6 Å². The molecule has 0 unspecified atom stereocenters. The number of amides is 2. The highest BCUT2D eigenvalue weighted by Gasteiger charge is 2.15. The van der Waals surface area contributed by atoms with Gasteiger partial charge in [-0.15, -0.1) is 0 Å². The lowest BCUT2D eigenvalue weighted by Crippen LogP contribution is -2.25. The monoisotopic (exact) mass is 425 g/mol. The third kappa shape index (κ3) is 4.33. The molecule has 2 N–H and O–H groups in total. The fourth-order valence-corrected chi connectivity index (χ4v) is 3.69. The molecule has 30 heavy (non-hydrogen) atoms. The minimum atomic E-state index is -0.518. The van der Waals surface area contributed by atoms with E-state index in [1.807, 2.05) is 0 Å². The minimum absolute atomic E-state index is 0.100. The average Bonchev–Trinajstić information content (AvgIpc) is 2.96. The van der Waals surface area contributed by atoms with Crippen molar-refractivity contribution < 1.29 is 9.59 Å². The SMILES string of the molecule is O=C(CC(=O)Nc1cccnc1Cl)Nc1ccc2nc3n(c(=O)c2c1)CCCCC3. The van der Waals surface area contributed by atoms with Gasteiger partial charge in [0.15, 0.2) is 5.15 Å². The first kappa shape index (κ1) is 20.0. The lowest BCUT2D eigenvalue weighted by Gasteiger charge is -2.11. The highest BCUT2D eigenvalue weighted by atomic mass is 35.5. The normalized spacial score (nSPS) is 13.4. The average molecular weight is 426 g/mol. The summed E-state index contributed by atoms with van der Waals surface area (Å²) in [6.07, 6.45) is 4.95. The number of nitrogens with zero attached hydrogens (tertiary/aromatic N) is 3. The summed E-state index contributed by atoms with van der Waals surface area (Å²) in [7, 11) is 0. The van der Waals surface area contributed by atoms with Crippen molar-refractivity contribution in [1.29, 1.82) is 0 Å². The summed E-state index contributed by atoms with van der Waals surface area (Å²) in [4.78, 5) is 45.8. The molecule has 9 heteroatoms. The molecule has 0 saturated heterocycles. The summed E-state index contributed by atoms with van der Waals surface area (Å²) in [5.41, 5.74) is 1.28. The molecule has 154 valence electrons. The molecule has 2 aromatic heterocycles. The number of carbonyl (C=O) groups excluding carboxylic acids is 2. The number of pyridine rings is 1. The zero-order valence-corrected chi connectivity index (χ0v) is 16.9. The largest absolute Gasteiger partial charge is 0.326 e. The Balaban J connectivity index is 1.49. The first-order valence-corrected chi connectivity index (χ1v) is 10.1. The van der Waals surface area contributed by atoms with E-state index in [-0.39, 0.29) is 10.7 Å². The molecule has 0 atom stereocenters. The number of hydrogen-bond donors (Lipinski definition) is 2. The Morgan fingerprint density at radius 3 is 2.77 bits per heavy atom. The van der Waals surface area contributed by atoms with Gasteiger partial charge in [-0.25, -0.2) is 9.97 Å². The molecule has 0 fully saturated rings. The molecule has 0 spiro atoms. The van der Waals surface area contributed by atoms with Crippen molar-refractivity contribution >= 4 is 45.7 Å². The summed E-state index contributed by atoms with van der Waals surface area (Å²) < 4.78 is 1.73. The van der Waals surface area contributed by atoms with E-state index in [1.165, 1.54) is 6.20 Å². The molecule has 1 aliphatic rings. The van der Waals surface area contributed by atoms with Crippen LogP contribution in [0.15, 0.2) is 41.3 Å². The number of hydrogen-bond acceptors (Lipinski definition) is 5. The fraction of sp³-hybridized carbons (Fsp3) is 0.286. The molecular formula is C21H20ClN5O3. The molecule has 4 rings (SSSR count). The Morgan fingerprint density at radius 2 is 1.93 bits per heavy atom. The summed E-state index contributed by atoms with van der Waals surface area (Å²) in [5, 5.41) is 5.80. The van der Waals surface area contributed by atoms with Crippen LogP contribution in [0.1, 0.15) is 31.5 Å². The second-order valence-electron chi connectivity index (χ2n) is 7.14. The van der Waals surface area contributed by atoms with Gasteiger partial charge in [-0.1, -0.05) is 18.0 Å². The van der Waals surface area contributed by atoms with Crippen LogP contribution in [-0.2, 0) is 22.6 Å². The summed E-state index contributed by atoms with van der Waals surface area (Å²) in [5.74, 6) is -0.211. The van der Waals surface area contributed by atoms with Crippen LogP contribution in [0.2, 0.25) is 5.15 Å².